The second kappa shape index (κ2) is 7.25. The van der Waals surface area contributed by atoms with Gasteiger partial charge < -0.3 is 0 Å². The van der Waals surface area contributed by atoms with Gasteiger partial charge in [-0.2, -0.15) is 0 Å². The Kier molecular flexibility index (Phi) is 4.55. The first kappa shape index (κ1) is 18.8. The van der Waals surface area contributed by atoms with E-state index in [1.165, 1.54) is 4.90 Å². The molecule has 0 saturated carbocycles. The van der Waals surface area contributed by atoms with Crippen molar-refractivity contribution in [2.45, 2.75) is 0 Å². The van der Waals surface area contributed by atoms with Crippen LogP contribution in [-0.4, -0.2) is 43.4 Å². The van der Waals surface area contributed by atoms with Crippen molar-refractivity contribution in [2.24, 2.45) is 0 Å². The number of carbonyl (C=O) groups is 2. The van der Waals surface area contributed by atoms with E-state index < -0.39 is 11.8 Å². The van der Waals surface area contributed by atoms with Crippen molar-refractivity contribution >= 4 is 65.7 Å². The van der Waals surface area contributed by atoms with Gasteiger partial charge in [-0.15, -0.1) is 0 Å². The quantitative estimate of drug-likeness (QED) is 0.206. The molecular weight excluding hydrogens is 465 g/mol. The van der Waals surface area contributed by atoms with E-state index in [9.17, 15) is 9.59 Å². The van der Waals surface area contributed by atoms with Gasteiger partial charge in [0.05, 0.1) is 0 Å². The van der Waals surface area contributed by atoms with Crippen molar-refractivity contribution in [1.82, 2.24) is 10.2 Å². The first-order chi connectivity index (χ1) is 14.5. The maximum atomic E-state index is 12.5. The molecule has 3 heterocycles. The molecule has 30 heavy (non-hydrogen) atoms. The summed E-state index contributed by atoms with van der Waals surface area (Å²) in [5.74, 6) is 0.722. The van der Waals surface area contributed by atoms with Gasteiger partial charge in [0.15, 0.2) is 0 Å². The van der Waals surface area contributed by atoms with E-state index in [4.69, 9.17) is 17.0 Å². The second-order valence-corrected chi connectivity index (χ2v) is 9.41. The number of nitrogens with zero attached hydrogens (tertiary/aromatic N) is 2. The summed E-state index contributed by atoms with van der Waals surface area (Å²) in [4.78, 5) is 28.2. The van der Waals surface area contributed by atoms with E-state index in [0.29, 0.717) is 0 Å². The molecule has 1 fully saturated rings. The molecule has 1 aromatic heterocycles. The van der Waals surface area contributed by atoms with Crippen LogP contribution in [0, 0.1) is 0 Å². The van der Waals surface area contributed by atoms with E-state index in [0.717, 1.165) is 31.9 Å². The van der Waals surface area contributed by atoms with Crippen LogP contribution in [0.4, 0.5) is 15.9 Å². The number of para-hydroxylation sites is 4. The molecule has 0 bridgehead atoms. The Balaban J connectivity index is 1.56. The third kappa shape index (κ3) is 3.06. The van der Waals surface area contributed by atoms with Gasteiger partial charge in [-0.25, -0.2) is 0 Å². The van der Waals surface area contributed by atoms with Gasteiger partial charge in [0.25, 0.3) is 0 Å². The number of anilines is 3. The Labute approximate surface area is 184 Å². The van der Waals surface area contributed by atoms with Gasteiger partial charge in [0, 0.05) is 0 Å². The van der Waals surface area contributed by atoms with Crippen LogP contribution in [0.5, 0.6) is 11.5 Å². The molecule has 0 radical (unpaired) electrons. The van der Waals surface area contributed by atoms with Gasteiger partial charge in [-0.3, -0.25) is 0 Å². The Morgan fingerprint density at radius 2 is 1.60 bits per heavy atom. The van der Waals surface area contributed by atoms with Crippen molar-refractivity contribution in [2.75, 3.05) is 11.9 Å². The maximum absolute atomic E-state index is 12.5. The molecule has 3 aromatic rings. The zero-order valence-electron chi connectivity index (χ0n) is 15.8. The van der Waals surface area contributed by atoms with Gasteiger partial charge in [-0.1, -0.05) is 0 Å². The van der Waals surface area contributed by atoms with Crippen LogP contribution >= 0.6 is 12.2 Å². The summed E-state index contributed by atoms with van der Waals surface area (Å²) < 4.78 is 8.08. The zero-order chi connectivity index (χ0) is 20.8. The summed E-state index contributed by atoms with van der Waals surface area (Å²) in [5, 5.41) is 2.67. The van der Waals surface area contributed by atoms with Crippen molar-refractivity contribution in [3.8, 4) is 11.5 Å². The predicted octanol–water partition coefficient (Wildman–Crippen LogP) is 3.58. The third-order valence-corrected chi connectivity index (χ3v) is 7.37. The predicted molar refractivity (Wildman–Crippen MR) is 120 cm³/mol. The van der Waals surface area contributed by atoms with Crippen LogP contribution in [0.25, 0.3) is 6.08 Å². The number of carbonyl (C=O) groups excluding carboxylic acids is 2. The van der Waals surface area contributed by atoms with E-state index in [1.54, 1.807) is 13.1 Å². The van der Waals surface area contributed by atoms with Gasteiger partial charge in [0.1, 0.15) is 0 Å². The molecule has 1 N–H and O–H groups in total. The SMILES string of the molecule is CN1C(=O)/C(=C/c2ccc(N3c4ccccc4Oc4ccccc43)[se]2)C(=O)NC1=S. The average molecular weight is 480 g/mol. The van der Waals surface area contributed by atoms with Crippen LogP contribution in [0.1, 0.15) is 4.44 Å². The fourth-order valence-corrected chi connectivity index (χ4v) is 5.60. The first-order valence-electron chi connectivity index (χ1n) is 9.14. The van der Waals surface area contributed by atoms with Crippen molar-refractivity contribution < 1.29 is 14.3 Å². The summed E-state index contributed by atoms with van der Waals surface area (Å²) in [6.07, 6.45) is 1.66. The summed E-state index contributed by atoms with van der Waals surface area (Å²) in [6.45, 7) is 0. The summed E-state index contributed by atoms with van der Waals surface area (Å²) in [6, 6.07) is 19.8. The number of fused-ring (bicyclic) bond motifs is 2. The number of hydrogen-bond donors (Lipinski definition) is 1. The molecule has 6 nitrogen and oxygen atoms in total. The molecule has 0 unspecified atom stereocenters. The van der Waals surface area contributed by atoms with Crippen LogP contribution in [0.3, 0.4) is 0 Å². The fraction of sp³-hybridized carbons (Fsp3) is 0.0455. The molecule has 2 aliphatic heterocycles. The zero-order valence-corrected chi connectivity index (χ0v) is 18.3. The molecule has 148 valence electrons. The Bertz CT molecular complexity index is 1200. The van der Waals surface area contributed by atoms with E-state index >= 15 is 0 Å². The Hall–Kier alpha value is -3.19. The second-order valence-electron chi connectivity index (χ2n) is 6.73. The number of amides is 2. The topological polar surface area (TPSA) is 61.9 Å². The number of hydrogen-bond acceptors (Lipinski definition) is 5. The third-order valence-electron chi connectivity index (χ3n) is 4.86. The van der Waals surface area contributed by atoms with Gasteiger partial charge in [0.2, 0.25) is 0 Å². The minimum atomic E-state index is -0.463. The number of nitrogens with one attached hydrogen (secondary N) is 1. The van der Waals surface area contributed by atoms with Crippen LogP contribution in [-0.2, 0) is 9.59 Å². The van der Waals surface area contributed by atoms with Gasteiger partial charge >= 0.3 is 184 Å². The molecule has 5 rings (SSSR count). The number of rotatable bonds is 2. The molecule has 0 atom stereocenters. The number of benzene rings is 2. The molecule has 2 aliphatic rings. The van der Waals surface area contributed by atoms with Crippen LogP contribution < -0.4 is 15.0 Å². The Morgan fingerprint density at radius 3 is 2.27 bits per heavy atom. The van der Waals surface area contributed by atoms with Gasteiger partial charge in [-0.05, 0) is 0 Å². The molecular formula is C22H15N3O3SSe. The van der Waals surface area contributed by atoms with E-state index in [1.807, 2.05) is 60.7 Å². The molecule has 2 amide bonds. The molecule has 0 spiro atoms. The normalized spacial score (nSPS) is 16.8. The van der Waals surface area contributed by atoms with E-state index in [-0.39, 0.29) is 25.2 Å². The van der Waals surface area contributed by atoms with Crippen LogP contribution in [0.2, 0.25) is 0 Å². The molecule has 1 saturated heterocycles. The first-order valence-corrected chi connectivity index (χ1v) is 11.3. The molecule has 2 aromatic carbocycles. The van der Waals surface area contributed by atoms with Crippen molar-refractivity contribution in [3.05, 3.63) is 70.7 Å². The number of ether oxygens (including phenoxy) is 1. The minimum absolute atomic E-state index is 0.0941. The van der Waals surface area contributed by atoms with Crippen LogP contribution in [0.15, 0.2) is 66.2 Å². The van der Waals surface area contributed by atoms with Crippen molar-refractivity contribution in [1.29, 1.82) is 0 Å². The van der Waals surface area contributed by atoms with Crippen molar-refractivity contribution in [3.63, 3.8) is 0 Å². The summed E-state index contributed by atoms with van der Waals surface area (Å²) in [7, 11) is 1.55. The van der Waals surface area contributed by atoms with E-state index in [2.05, 4.69) is 10.2 Å². The molecule has 8 heteroatoms. The summed E-state index contributed by atoms with van der Waals surface area (Å²) >= 11 is 4.89. The average Bonchev–Trinajstić information content (AvgIpc) is 3.21. The number of likely N-dealkylation sites (N-methyl/N-ethyl adjacent to an activating group) is 1. The monoisotopic (exact) mass is 481 g/mol. The summed E-state index contributed by atoms with van der Waals surface area (Å²) in [5.41, 5.74) is 2.02. The number of thiocarbonyl (C=S) groups is 1. The molecule has 0 aliphatic carbocycles. The standard InChI is InChI=1S/C22H15N3O3SSe/c1-24-21(27)14(20(26)23-22(24)29)12-13-10-11-19(30-13)25-15-6-2-4-8-17(15)28-18-9-5-3-7-16(18)25/h2-12H,1H3,(H,23,26,29)/b14-12+. The Morgan fingerprint density at radius 1 is 0.967 bits per heavy atom. The fourth-order valence-electron chi connectivity index (χ4n) is 3.37.